The molecule has 0 radical (unpaired) electrons. The van der Waals surface area contributed by atoms with E-state index in [1.165, 1.54) is 5.56 Å². The summed E-state index contributed by atoms with van der Waals surface area (Å²) in [5.74, 6) is 0.487. The van der Waals surface area contributed by atoms with Crippen molar-refractivity contribution >= 4 is 17.5 Å². The van der Waals surface area contributed by atoms with Crippen LogP contribution in [0.15, 0.2) is 54.6 Å². The van der Waals surface area contributed by atoms with Gasteiger partial charge in [-0.15, -0.1) is 0 Å². The number of para-hydroxylation sites is 2. The van der Waals surface area contributed by atoms with Gasteiger partial charge in [-0.2, -0.15) is 0 Å². The first-order valence-corrected chi connectivity index (χ1v) is 10.7. The van der Waals surface area contributed by atoms with Crippen LogP contribution >= 0.6 is 0 Å². The van der Waals surface area contributed by atoms with Crippen molar-refractivity contribution in [3.05, 3.63) is 60.2 Å². The number of hydrogen-bond acceptors (Lipinski definition) is 5. The normalized spacial score (nSPS) is 15.5. The molecule has 0 aliphatic carbocycles. The van der Waals surface area contributed by atoms with Gasteiger partial charge in [0, 0.05) is 32.7 Å². The minimum Gasteiger partial charge on any atom is -0.495 e. The summed E-state index contributed by atoms with van der Waals surface area (Å²) in [6.07, 6.45) is 0. The van der Waals surface area contributed by atoms with Crippen molar-refractivity contribution in [3.8, 4) is 5.75 Å². The zero-order valence-electron chi connectivity index (χ0n) is 18.6. The number of rotatable bonds is 8. The molecule has 2 aromatic carbocycles. The number of methoxy groups -OCH3 is 1. The summed E-state index contributed by atoms with van der Waals surface area (Å²) in [5.41, 5.74) is 1.91. The summed E-state index contributed by atoms with van der Waals surface area (Å²) in [7, 11) is 3.37. The maximum atomic E-state index is 12.8. The fourth-order valence-corrected chi connectivity index (χ4v) is 3.63. The minimum atomic E-state index is -0.451. The van der Waals surface area contributed by atoms with Gasteiger partial charge in [-0.3, -0.25) is 19.4 Å². The maximum absolute atomic E-state index is 12.8. The Morgan fingerprint density at radius 2 is 1.68 bits per heavy atom. The first-order valence-electron chi connectivity index (χ1n) is 10.7. The third-order valence-corrected chi connectivity index (χ3v) is 5.76. The van der Waals surface area contributed by atoms with Gasteiger partial charge in [-0.05, 0) is 31.7 Å². The number of benzene rings is 2. The van der Waals surface area contributed by atoms with E-state index in [0.29, 0.717) is 24.5 Å². The Morgan fingerprint density at radius 3 is 2.35 bits per heavy atom. The lowest BCUT2D eigenvalue weighted by atomic mass is 10.2. The van der Waals surface area contributed by atoms with Gasteiger partial charge in [-0.25, -0.2) is 0 Å². The van der Waals surface area contributed by atoms with E-state index >= 15 is 0 Å². The van der Waals surface area contributed by atoms with Gasteiger partial charge in [0.1, 0.15) is 5.75 Å². The summed E-state index contributed by atoms with van der Waals surface area (Å²) >= 11 is 0. The molecule has 1 heterocycles. The predicted molar refractivity (Wildman–Crippen MR) is 122 cm³/mol. The second-order valence-electron chi connectivity index (χ2n) is 7.92. The largest absolute Gasteiger partial charge is 0.495 e. The molecule has 0 spiro atoms. The lowest BCUT2D eigenvalue weighted by Gasteiger charge is -2.36. The molecule has 7 heteroatoms. The number of carbonyl (C=O) groups excluding carboxylic acids is 2. The van der Waals surface area contributed by atoms with Crippen LogP contribution in [0.5, 0.6) is 5.75 Å². The van der Waals surface area contributed by atoms with Gasteiger partial charge in [-0.1, -0.05) is 42.5 Å². The number of hydrogen-bond donors (Lipinski definition) is 1. The number of piperazine rings is 1. The summed E-state index contributed by atoms with van der Waals surface area (Å²) in [5, 5.41) is 2.89. The molecule has 0 saturated carbocycles. The van der Waals surface area contributed by atoms with Crippen LogP contribution in [-0.4, -0.2) is 79.4 Å². The first kappa shape index (κ1) is 22.8. The Hall–Kier alpha value is -2.90. The highest BCUT2D eigenvalue weighted by Gasteiger charge is 2.25. The van der Waals surface area contributed by atoms with E-state index in [2.05, 4.69) is 34.5 Å². The lowest BCUT2D eigenvalue weighted by Crippen LogP contribution is -2.52. The molecule has 1 N–H and O–H groups in total. The summed E-state index contributed by atoms with van der Waals surface area (Å²) in [6.45, 7) is 6.04. The molecule has 1 aliphatic heterocycles. The number of amides is 2. The van der Waals surface area contributed by atoms with Gasteiger partial charge in [0.25, 0.3) is 0 Å². The molecule has 7 nitrogen and oxygen atoms in total. The molecule has 1 aliphatic rings. The topological polar surface area (TPSA) is 65.1 Å². The Balaban J connectivity index is 1.46. The summed E-state index contributed by atoms with van der Waals surface area (Å²) in [6, 6.07) is 17.2. The van der Waals surface area contributed by atoms with E-state index in [0.717, 1.165) is 19.6 Å². The molecule has 31 heavy (non-hydrogen) atoms. The van der Waals surface area contributed by atoms with Gasteiger partial charge < -0.3 is 15.0 Å². The number of anilines is 1. The molecule has 2 amide bonds. The predicted octanol–water partition coefficient (Wildman–Crippen LogP) is 2.30. The number of carbonyl (C=O) groups is 2. The first-order chi connectivity index (χ1) is 15.0. The molecular weight excluding hydrogens is 392 g/mol. The van der Waals surface area contributed by atoms with Crippen LogP contribution in [0.2, 0.25) is 0 Å². The standard InChI is InChI=1S/C24H32N4O3/c1-19(24(30)25-21-11-7-8-12-22(21)31-3)26(2)18-23(29)28-15-13-27(14-16-28)17-20-9-5-4-6-10-20/h4-12,19H,13-18H2,1-3H3,(H,25,30). The van der Waals surface area contributed by atoms with Crippen LogP contribution in [0, 0.1) is 0 Å². The van der Waals surface area contributed by atoms with Crippen LogP contribution in [-0.2, 0) is 16.1 Å². The minimum absolute atomic E-state index is 0.0544. The quantitative estimate of drug-likeness (QED) is 0.705. The fraction of sp³-hybridized carbons (Fsp3) is 0.417. The van der Waals surface area contributed by atoms with Crippen LogP contribution in [0.1, 0.15) is 12.5 Å². The van der Waals surface area contributed by atoms with Crippen molar-refractivity contribution in [2.75, 3.05) is 52.2 Å². The summed E-state index contributed by atoms with van der Waals surface area (Å²) in [4.78, 5) is 31.5. The van der Waals surface area contributed by atoms with E-state index < -0.39 is 6.04 Å². The molecule has 1 unspecified atom stereocenters. The van der Waals surface area contributed by atoms with E-state index in [1.807, 2.05) is 23.1 Å². The molecule has 166 valence electrons. The van der Waals surface area contributed by atoms with E-state index in [-0.39, 0.29) is 18.4 Å². The highest BCUT2D eigenvalue weighted by atomic mass is 16.5. The second kappa shape index (κ2) is 10.9. The van der Waals surface area contributed by atoms with E-state index in [4.69, 9.17) is 4.74 Å². The van der Waals surface area contributed by atoms with E-state index in [1.54, 1.807) is 38.1 Å². The van der Waals surface area contributed by atoms with Crippen molar-refractivity contribution in [1.82, 2.24) is 14.7 Å². The Labute approximate surface area is 184 Å². The van der Waals surface area contributed by atoms with E-state index in [9.17, 15) is 9.59 Å². The van der Waals surface area contributed by atoms with Crippen LogP contribution in [0.25, 0.3) is 0 Å². The SMILES string of the molecule is COc1ccccc1NC(=O)C(C)N(C)CC(=O)N1CCN(Cc2ccccc2)CC1. The van der Waals surface area contributed by atoms with Crippen molar-refractivity contribution in [2.24, 2.45) is 0 Å². The van der Waals surface area contributed by atoms with Gasteiger partial charge in [0.2, 0.25) is 11.8 Å². The zero-order valence-corrected chi connectivity index (χ0v) is 18.6. The van der Waals surface area contributed by atoms with Gasteiger partial charge in [0.15, 0.2) is 0 Å². The molecule has 0 bridgehead atoms. The number of ether oxygens (including phenoxy) is 1. The number of likely N-dealkylation sites (N-methyl/N-ethyl adjacent to an activating group) is 1. The van der Waals surface area contributed by atoms with Gasteiger partial charge in [0.05, 0.1) is 25.4 Å². The molecule has 0 aromatic heterocycles. The Morgan fingerprint density at radius 1 is 1.03 bits per heavy atom. The molecule has 1 fully saturated rings. The van der Waals surface area contributed by atoms with Crippen molar-refractivity contribution in [2.45, 2.75) is 19.5 Å². The molecular formula is C24H32N4O3. The van der Waals surface area contributed by atoms with Crippen molar-refractivity contribution in [3.63, 3.8) is 0 Å². The lowest BCUT2D eigenvalue weighted by molar-refractivity contribution is -0.135. The highest BCUT2D eigenvalue weighted by Crippen LogP contribution is 2.23. The smallest absolute Gasteiger partial charge is 0.241 e. The number of nitrogens with one attached hydrogen (secondary N) is 1. The van der Waals surface area contributed by atoms with Gasteiger partial charge >= 0.3 is 0 Å². The fourth-order valence-electron chi connectivity index (χ4n) is 3.63. The zero-order chi connectivity index (χ0) is 22.2. The molecule has 2 aromatic rings. The maximum Gasteiger partial charge on any atom is 0.241 e. The average molecular weight is 425 g/mol. The van der Waals surface area contributed by atoms with Crippen LogP contribution in [0.4, 0.5) is 5.69 Å². The molecule has 3 rings (SSSR count). The highest BCUT2D eigenvalue weighted by molar-refractivity contribution is 5.96. The average Bonchev–Trinajstić information content (AvgIpc) is 2.80. The summed E-state index contributed by atoms with van der Waals surface area (Å²) < 4.78 is 5.28. The monoisotopic (exact) mass is 424 g/mol. The Bertz CT molecular complexity index is 866. The molecule has 1 saturated heterocycles. The van der Waals surface area contributed by atoms with Crippen molar-refractivity contribution < 1.29 is 14.3 Å². The Kier molecular flexibility index (Phi) is 8.03. The van der Waals surface area contributed by atoms with Crippen molar-refractivity contribution in [1.29, 1.82) is 0 Å². The third kappa shape index (κ3) is 6.29. The number of nitrogens with zero attached hydrogens (tertiary/aromatic N) is 3. The second-order valence-corrected chi connectivity index (χ2v) is 7.92. The molecule has 1 atom stereocenters. The van der Waals surface area contributed by atoms with Crippen LogP contribution in [0.3, 0.4) is 0 Å². The third-order valence-electron chi connectivity index (χ3n) is 5.76. The van der Waals surface area contributed by atoms with Crippen LogP contribution < -0.4 is 10.1 Å².